The molecule has 2 aromatic carbocycles. The second kappa shape index (κ2) is 6.66. The van der Waals surface area contributed by atoms with Gasteiger partial charge in [-0.1, -0.05) is 6.07 Å². The number of phenolic OH excluding ortho intramolecular Hbond substituents is 4. The van der Waals surface area contributed by atoms with Crippen LogP contribution in [-0.2, 0) is 6.42 Å². The standard InChI is InChI=1S/C20H22O7/c1-20(2,26)6-5-12-15(23)8-16(24)17-18(25)13(9-27-19(12)17)11-4-3-10(21)7-14(11)22/h3-4,7-8,13,21-24,26H,5-6,9H2,1-2H3/t13-/m1/s1. The Balaban J connectivity index is 2.02. The zero-order valence-electron chi connectivity index (χ0n) is 15.1. The molecule has 0 saturated carbocycles. The lowest BCUT2D eigenvalue weighted by atomic mass is 9.85. The molecule has 0 saturated heterocycles. The summed E-state index contributed by atoms with van der Waals surface area (Å²) in [6.45, 7) is 3.17. The van der Waals surface area contributed by atoms with E-state index in [9.17, 15) is 30.3 Å². The molecule has 27 heavy (non-hydrogen) atoms. The van der Waals surface area contributed by atoms with Crippen LogP contribution in [0.4, 0.5) is 0 Å². The molecule has 1 heterocycles. The lowest BCUT2D eigenvalue weighted by Crippen LogP contribution is -2.27. The average molecular weight is 374 g/mol. The fourth-order valence-corrected chi connectivity index (χ4v) is 3.22. The van der Waals surface area contributed by atoms with Gasteiger partial charge in [0.1, 0.15) is 40.9 Å². The predicted molar refractivity (Wildman–Crippen MR) is 96.7 cm³/mol. The van der Waals surface area contributed by atoms with Gasteiger partial charge in [-0.15, -0.1) is 0 Å². The van der Waals surface area contributed by atoms with Gasteiger partial charge in [-0.3, -0.25) is 4.79 Å². The zero-order valence-corrected chi connectivity index (χ0v) is 15.1. The predicted octanol–water partition coefficient (Wildman–Crippen LogP) is 2.57. The van der Waals surface area contributed by atoms with Crippen molar-refractivity contribution in [3.8, 4) is 28.7 Å². The summed E-state index contributed by atoms with van der Waals surface area (Å²) in [6, 6.07) is 4.99. The Morgan fingerprint density at radius 1 is 1.07 bits per heavy atom. The first-order chi connectivity index (χ1) is 12.6. The molecule has 0 fully saturated rings. The van der Waals surface area contributed by atoms with Gasteiger partial charge in [-0.25, -0.2) is 0 Å². The molecule has 1 aliphatic heterocycles. The summed E-state index contributed by atoms with van der Waals surface area (Å²) >= 11 is 0. The number of hydrogen-bond acceptors (Lipinski definition) is 7. The quantitative estimate of drug-likeness (QED) is 0.556. The maximum Gasteiger partial charge on any atom is 0.181 e. The molecule has 0 spiro atoms. The maximum atomic E-state index is 13.0. The van der Waals surface area contributed by atoms with Crippen molar-refractivity contribution in [2.24, 2.45) is 0 Å². The summed E-state index contributed by atoms with van der Waals surface area (Å²) in [7, 11) is 0. The number of ketones is 1. The summed E-state index contributed by atoms with van der Waals surface area (Å²) in [5.41, 5.74) is -0.432. The number of hydrogen-bond donors (Lipinski definition) is 5. The van der Waals surface area contributed by atoms with Gasteiger partial charge in [0.25, 0.3) is 0 Å². The van der Waals surface area contributed by atoms with Crippen LogP contribution in [0.5, 0.6) is 28.7 Å². The third-order valence-electron chi connectivity index (χ3n) is 4.67. The first kappa shape index (κ1) is 18.8. The van der Waals surface area contributed by atoms with Gasteiger partial charge in [-0.2, -0.15) is 0 Å². The van der Waals surface area contributed by atoms with E-state index in [0.717, 1.165) is 12.1 Å². The average Bonchev–Trinajstić information content (AvgIpc) is 2.54. The molecule has 3 rings (SSSR count). The highest BCUT2D eigenvalue weighted by atomic mass is 16.5. The van der Waals surface area contributed by atoms with Crippen molar-refractivity contribution >= 4 is 5.78 Å². The number of aliphatic hydroxyl groups is 1. The van der Waals surface area contributed by atoms with Crippen LogP contribution < -0.4 is 4.74 Å². The second-order valence-electron chi connectivity index (χ2n) is 7.38. The van der Waals surface area contributed by atoms with Gasteiger partial charge in [0.2, 0.25) is 0 Å². The lowest BCUT2D eigenvalue weighted by Gasteiger charge is -2.28. The molecule has 0 unspecified atom stereocenters. The first-order valence-electron chi connectivity index (χ1n) is 8.57. The highest BCUT2D eigenvalue weighted by molar-refractivity contribution is 6.07. The lowest BCUT2D eigenvalue weighted by molar-refractivity contribution is 0.0709. The monoisotopic (exact) mass is 374 g/mol. The van der Waals surface area contributed by atoms with E-state index in [1.54, 1.807) is 13.8 Å². The SMILES string of the molecule is CC(C)(O)CCc1c(O)cc(O)c2c1OC[C@H](c1ccc(O)cc1O)C2=O. The summed E-state index contributed by atoms with van der Waals surface area (Å²) in [4.78, 5) is 13.0. The summed E-state index contributed by atoms with van der Waals surface area (Å²) < 4.78 is 5.71. The smallest absolute Gasteiger partial charge is 0.181 e. The van der Waals surface area contributed by atoms with E-state index >= 15 is 0 Å². The van der Waals surface area contributed by atoms with Gasteiger partial charge in [-0.05, 0) is 32.8 Å². The fraction of sp³-hybridized carbons (Fsp3) is 0.350. The van der Waals surface area contributed by atoms with Crippen LogP contribution in [0.3, 0.4) is 0 Å². The summed E-state index contributed by atoms with van der Waals surface area (Å²) in [6.07, 6.45) is 0.567. The molecule has 7 heteroatoms. The molecule has 7 nitrogen and oxygen atoms in total. The Kier molecular flexibility index (Phi) is 4.65. The van der Waals surface area contributed by atoms with Gasteiger partial charge < -0.3 is 30.3 Å². The molecule has 144 valence electrons. The van der Waals surface area contributed by atoms with Crippen LogP contribution >= 0.6 is 0 Å². The van der Waals surface area contributed by atoms with Crippen LogP contribution in [0.2, 0.25) is 0 Å². The van der Waals surface area contributed by atoms with Crippen molar-refractivity contribution in [3.05, 3.63) is 41.0 Å². The number of aromatic hydroxyl groups is 4. The molecule has 1 aliphatic rings. The number of phenols is 4. The number of ether oxygens (including phenoxy) is 1. The number of carbonyl (C=O) groups is 1. The van der Waals surface area contributed by atoms with Crippen LogP contribution in [-0.4, -0.2) is 43.5 Å². The molecular weight excluding hydrogens is 352 g/mol. The minimum absolute atomic E-state index is 0.0673. The number of benzene rings is 2. The van der Waals surface area contributed by atoms with Gasteiger partial charge in [0.05, 0.1) is 11.5 Å². The number of Topliss-reactive ketones (excluding diaryl/α,β-unsaturated/α-hetero) is 1. The van der Waals surface area contributed by atoms with Crippen LogP contribution in [0.15, 0.2) is 24.3 Å². The number of fused-ring (bicyclic) bond motifs is 1. The van der Waals surface area contributed by atoms with Crippen molar-refractivity contribution in [1.29, 1.82) is 0 Å². The van der Waals surface area contributed by atoms with Crippen molar-refractivity contribution in [2.75, 3.05) is 6.61 Å². The highest BCUT2D eigenvalue weighted by Gasteiger charge is 2.36. The Hall–Kier alpha value is -2.93. The fourth-order valence-electron chi connectivity index (χ4n) is 3.22. The molecule has 0 aromatic heterocycles. The van der Waals surface area contributed by atoms with E-state index in [4.69, 9.17) is 4.74 Å². The van der Waals surface area contributed by atoms with Gasteiger partial charge in [0.15, 0.2) is 5.78 Å². The minimum Gasteiger partial charge on any atom is -0.508 e. The molecule has 0 radical (unpaired) electrons. The Bertz CT molecular complexity index is 896. The summed E-state index contributed by atoms with van der Waals surface area (Å²) in [5.74, 6) is -2.24. The van der Waals surface area contributed by atoms with E-state index in [-0.39, 0.29) is 47.2 Å². The minimum atomic E-state index is -0.976. The molecule has 5 N–H and O–H groups in total. The molecular formula is C20H22O7. The van der Waals surface area contributed by atoms with E-state index in [1.165, 1.54) is 12.1 Å². The molecule has 0 bridgehead atoms. The van der Waals surface area contributed by atoms with E-state index in [0.29, 0.717) is 12.0 Å². The van der Waals surface area contributed by atoms with Crippen molar-refractivity contribution in [2.45, 2.75) is 38.2 Å². The Morgan fingerprint density at radius 3 is 2.41 bits per heavy atom. The first-order valence-corrected chi connectivity index (χ1v) is 8.57. The second-order valence-corrected chi connectivity index (χ2v) is 7.38. The third-order valence-corrected chi connectivity index (χ3v) is 4.67. The van der Waals surface area contributed by atoms with Crippen molar-refractivity contribution in [3.63, 3.8) is 0 Å². The van der Waals surface area contributed by atoms with E-state index in [2.05, 4.69) is 0 Å². The number of rotatable bonds is 4. The van der Waals surface area contributed by atoms with Crippen LogP contribution in [0.1, 0.15) is 47.7 Å². The maximum absolute atomic E-state index is 13.0. The largest absolute Gasteiger partial charge is 0.508 e. The Labute approximate surface area is 156 Å². The van der Waals surface area contributed by atoms with E-state index in [1.807, 2.05) is 0 Å². The van der Waals surface area contributed by atoms with Crippen LogP contribution in [0.25, 0.3) is 0 Å². The molecule has 2 aromatic rings. The normalized spacial score (nSPS) is 16.7. The number of carbonyl (C=O) groups excluding carboxylic acids is 1. The van der Waals surface area contributed by atoms with Gasteiger partial charge >= 0.3 is 0 Å². The Morgan fingerprint density at radius 2 is 1.78 bits per heavy atom. The molecule has 0 amide bonds. The van der Waals surface area contributed by atoms with Crippen molar-refractivity contribution < 1.29 is 35.1 Å². The summed E-state index contributed by atoms with van der Waals surface area (Å²) in [5, 5.41) is 49.8. The third kappa shape index (κ3) is 3.64. The highest BCUT2D eigenvalue weighted by Crippen LogP contribution is 2.45. The van der Waals surface area contributed by atoms with E-state index < -0.39 is 23.1 Å². The molecule has 0 aliphatic carbocycles. The van der Waals surface area contributed by atoms with Crippen LogP contribution in [0, 0.1) is 0 Å². The topological polar surface area (TPSA) is 127 Å². The van der Waals surface area contributed by atoms with Gasteiger partial charge in [0, 0.05) is 23.3 Å². The zero-order chi connectivity index (χ0) is 19.9. The van der Waals surface area contributed by atoms with Crippen molar-refractivity contribution in [1.82, 2.24) is 0 Å². The molecule has 1 atom stereocenters.